The SMILES string of the molecule is CC1(C)OC(=O)C(=CNc2ccccc2Sc2nc3ccccc3[nH]2)C(=O)O1. The molecule has 2 N–H and O–H groups in total. The number of anilines is 1. The van der Waals surface area contributed by atoms with Crippen molar-refractivity contribution in [3.05, 3.63) is 60.3 Å². The lowest BCUT2D eigenvalue weighted by atomic mass is 10.2. The number of hydrogen-bond donors (Lipinski definition) is 2. The Morgan fingerprint density at radius 1 is 1.04 bits per heavy atom. The van der Waals surface area contributed by atoms with Gasteiger partial charge in [0.1, 0.15) is 0 Å². The molecule has 0 aliphatic carbocycles. The number of rotatable bonds is 4. The van der Waals surface area contributed by atoms with Gasteiger partial charge in [-0.3, -0.25) is 0 Å². The number of aromatic nitrogens is 2. The summed E-state index contributed by atoms with van der Waals surface area (Å²) in [6.07, 6.45) is 1.30. The van der Waals surface area contributed by atoms with Gasteiger partial charge in [-0.15, -0.1) is 0 Å². The van der Waals surface area contributed by atoms with Crippen LogP contribution in [0.4, 0.5) is 5.69 Å². The van der Waals surface area contributed by atoms with E-state index in [4.69, 9.17) is 9.47 Å². The lowest BCUT2D eigenvalue weighted by Crippen LogP contribution is -2.42. The van der Waals surface area contributed by atoms with Crippen molar-refractivity contribution in [1.82, 2.24) is 9.97 Å². The van der Waals surface area contributed by atoms with E-state index < -0.39 is 17.7 Å². The van der Waals surface area contributed by atoms with Gasteiger partial charge in [-0.05, 0) is 36.0 Å². The van der Waals surface area contributed by atoms with Gasteiger partial charge in [-0.25, -0.2) is 14.6 Å². The van der Waals surface area contributed by atoms with Crippen LogP contribution in [0.1, 0.15) is 13.8 Å². The molecule has 0 unspecified atom stereocenters. The first-order valence-corrected chi connectivity index (χ1v) is 9.38. The van der Waals surface area contributed by atoms with Gasteiger partial charge in [0.25, 0.3) is 5.79 Å². The van der Waals surface area contributed by atoms with E-state index in [9.17, 15) is 9.59 Å². The fourth-order valence-electron chi connectivity index (χ4n) is 2.69. The highest BCUT2D eigenvalue weighted by Crippen LogP contribution is 2.33. The minimum Gasteiger partial charge on any atom is -0.419 e. The molecule has 8 heteroatoms. The van der Waals surface area contributed by atoms with Crippen LogP contribution in [-0.4, -0.2) is 27.7 Å². The number of ether oxygens (including phenoxy) is 2. The number of fused-ring (bicyclic) bond motifs is 1. The number of nitrogens with zero attached hydrogens (tertiary/aromatic N) is 1. The summed E-state index contributed by atoms with van der Waals surface area (Å²) in [6.45, 7) is 3.01. The number of H-pyrrole nitrogens is 1. The Kier molecular flexibility index (Phi) is 4.56. The Morgan fingerprint density at radius 2 is 1.71 bits per heavy atom. The normalized spacial score (nSPS) is 15.9. The maximum Gasteiger partial charge on any atom is 0.350 e. The van der Waals surface area contributed by atoms with Crippen LogP contribution in [0, 0.1) is 0 Å². The molecule has 2 heterocycles. The van der Waals surface area contributed by atoms with E-state index in [0.29, 0.717) is 5.69 Å². The number of benzene rings is 2. The smallest absolute Gasteiger partial charge is 0.350 e. The van der Waals surface area contributed by atoms with Gasteiger partial charge >= 0.3 is 11.9 Å². The molecule has 0 radical (unpaired) electrons. The van der Waals surface area contributed by atoms with Gasteiger partial charge in [0.2, 0.25) is 0 Å². The van der Waals surface area contributed by atoms with E-state index in [2.05, 4.69) is 15.3 Å². The Balaban J connectivity index is 1.56. The van der Waals surface area contributed by atoms with E-state index in [-0.39, 0.29) is 5.57 Å². The minimum absolute atomic E-state index is 0.192. The van der Waals surface area contributed by atoms with Crippen molar-refractivity contribution < 1.29 is 19.1 Å². The average molecular weight is 395 g/mol. The Morgan fingerprint density at radius 3 is 2.46 bits per heavy atom. The minimum atomic E-state index is -1.26. The molecule has 0 bridgehead atoms. The molecular formula is C20H17N3O4S. The highest BCUT2D eigenvalue weighted by molar-refractivity contribution is 7.99. The summed E-state index contributed by atoms with van der Waals surface area (Å²) in [7, 11) is 0. The first-order valence-electron chi connectivity index (χ1n) is 8.56. The van der Waals surface area contributed by atoms with Crippen LogP contribution in [-0.2, 0) is 19.1 Å². The molecular weight excluding hydrogens is 378 g/mol. The fraction of sp³-hybridized carbons (Fsp3) is 0.150. The highest BCUT2D eigenvalue weighted by atomic mass is 32.2. The third kappa shape index (κ3) is 3.72. The van der Waals surface area contributed by atoms with Crippen molar-refractivity contribution in [2.75, 3.05) is 5.32 Å². The third-order valence-electron chi connectivity index (χ3n) is 3.95. The number of aromatic amines is 1. The van der Waals surface area contributed by atoms with E-state index in [1.54, 1.807) is 0 Å². The summed E-state index contributed by atoms with van der Waals surface area (Å²) in [5, 5.41) is 3.74. The van der Waals surface area contributed by atoms with Crippen LogP contribution in [0.5, 0.6) is 0 Å². The van der Waals surface area contributed by atoms with E-state index in [0.717, 1.165) is 21.1 Å². The van der Waals surface area contributed by atoms with E-state index in [1.807, 2.05) is 48.5 Å². The molecule has 4 rings (SSSR count). The maximum atomic E-state index is 12.1. The van der Waals surface area contributed by atoms with Crippen molar-refractivity contribution in [3.63, 3.8) is 0 Å². The summed E-state index contributed by atoms with van der Waals surface area (Å²) >= 11 is 1.44. The van der Waals surface area contributed by atoms with Crippen molar-refractivity contribution >= 4 is 40.4 Å². The molecule has 28 heavy (non-hydrogen) atoms. The molecule has 1 aliphatic rings. The van der Waals surface area contributed by atoms with Crippen LogP contribution in [0.25, 0.3) is 11.0 Å². The zero-order chi connectivity index (χ0) is 19.7. The zero-order valence-corrected chi connectivity index (χ0v) is 16.0. The van der Waals surface area contributed by atoms with Gasteiger partial charge < -0.3 is 19.8 Å². The van der Waals surface area contributed by atoms with Crippen LogP contribution in [0.2, 0.25) is 0 Å². The first kappa shape index (κ1) is 18.1. The summed E-state index contributed by atoms with van der Waals surface area (Å²) < 4.78 is 10.2. The molecule has 7 nitrogen and oxygen atoms in total. The van der Waals surface area contributed by atoms with Crippen LogP contribution in [0.15, 0.2) is 70.4 Å². The number of carbonyl (C=O) groups excluding carboxylic acids is 2. The van der Waals surface area contributed by atoms with Gasteiger partial charge in [0.05, 0.1) is 16.7 Å². The fourth-order valence-corrected chi connectivity index (χ4v) is 3.58. The van der Waals surface area contributed by atoms with Gasteiger partial charge in [0, 0.05) is 24.9 Å². The summed E-state index contributed by atoms with van der Waals surface area (Å²) in [6, 6.07) is 15.3. The van der Waals surface area contributed by atoms with Crippen LogP contribution >= 0.6 is 11.8 Å². The maximum absolute atomic E-state index is 12.1. The molecule has 0 amide bonds. The number of carbonyl (C=O) groups is 2. The zero-order valence-electron chi connectivity index (χ0n) is 15.2. The monoisotopic (exact) mass is 395 g/mol. The predicted molar refractivity (Wildman–Crippen MR) is 105 cm³/mol. The molecule has 1 aromatic heterocycles. The van der Waals surface area contributed by atoms with Gasteiger partial charge in [-0.1, -0.05) is 24.3 Å². The molecule has 3 aromatic rings. The molecule has 1 fully saturated rings. The second kappa shape index (κ2) is 7.05. The lowest BCUT2D eigenvalue weighted by molar-refractivity contribution is -0.222. The number of esters is 2. The first-order chi connectivity index (χ1) is 13.4. The third-order valence-corrected chi connectivity index (χ3v) is 4.91. The summed E-state index contributed by atoms with van der Waals surface area (Å²) in [5.41, 5.74) is 2.36. The quantitative estimate of drug-likeness (QED) is 0.394. The van der Waals surface area contributed by atoms with Gasteiger partial charge in [0.15, 0.2) is 10.7 Å². The van der Waals surface area contributed by atoms with Crippen molar-refractivity contribution in [2.45, 2.75) is 29.7 Å². The average Bonchev–Trinajstić information content (AvgIpc) is 3.03. The largest absolute Gasteiger partial charge is 0.419 e. The number of para-hydroxylation sites is 3. The second-order valence-electron chi connectivity index (χ2n) is 6.54. The van der Waals surface area contributed by atoms with Crippen molar-refractivity contribution in [3.8, 4) is 0 Å². The summed E-state index contributed by atoms with van der Waals surface area (Å²) in [4.78, 5) is 32.8. The Hall–Kier alpha value is -3.26. The molecule has 2 aromatic carbocycles. The van der Waals surface area contributed by atoms with Crippen molar-refractivity contribution in [2.24, 2.45) is 0 Å². The molecule has 0 atom stereocenters. The highest BCUT2D eigenvalue weighted by Gasteiger charge is 2.38. The van der Waals surface area contributed by atoms with Crippen molar-refractivity contribution in [1.29, 1.82) is 0 Å². The number of cyclic esters (lactones) is 2. The molecule has 142 valence electrons. The molecule has 0 spiro atoms. The lowest BCUT2D eigenvalue weighted by Gasteiger charge is -2.29. The standard InChI is InChI=1S/C20H17N3O4S/c1-20(2)26-17(24)12(18(25)27-20)11-21-15-9-5-6-10-16(15)28-19-22-13-7-3-4-8-14(13)23-19/h3-11,21H,1-2H3,(H,22,23). The Bertz CT molecular complexity index is 1050. The van der Waals surface area contributed by atoms with Crippen LogP contribution < -0.4 is 5.32 Å². The predicted octanol–water partition coefficient (Wildman–Crippen LogP) is 3.85. The van der Waals surface area contributed by atoms with E-state index >= 15 is 0 Å². The topological polar surface area (TPSA) is 93.3 Å². The molecule has 0 saturated carbocycles. The number of imidazole rings is 1. The Labute approximate surface area is 165 Å². The van der Waals surface area contributed by atoms with E-state index in [1.165, 1.54) is 31.8 Å². The number of hydrogen-bond acceptors (Lipinski definition) is 7. The summed E-state index contributed by atoms with van der Waals surface area (Å²) in [5.74, 6) is -2.71. The van der Waals surface area contributed by atoms with Gasteiger partial charge in [-0.2, -0.15) is 0 Å². The van der Waals surface area contributed by atoms with Crippen LogP contribution in [0.3, 0.4) is 0 Å². The number of nitrogens with one attached hydrogen (secondary N) is 2. The molecule has 1 saturated heterocycles. The second-order valence-corrected chi connectivity index (χ2v) is 7.57. The molecule has 1 aliphatic heterocycles.